The van der Waals surface area contributed by atoms with Crippen LogP contribution in [0.4, 0.5) is 5.69 Å². The second-order valence-corrected chi connectivity index (χ2v) is 3.98. The fraction of sp³-hybridized carbons (Fsp3) is 0. The number of rotatable bonds is 4. The summed E-state index contributed by atoms with van der Waals surface area (Å²) in [6.07, 6.45) is 1.09. The molecular weight excluding hydrogens is 276 g/mol. The van der Waals surface area contributed by atoms with Gasteiger partial charge in [-0.3, -0.25) is 10.1 Å². The van der Waals surface area contributed by atoms with Crippen molar-refractivity contribution in [1.82, 2.24) is 0 Å². The van der Waals surface area contributed by atoms with Crippen LogP contribution < -0.4 is 0 Å². The summed E-state index contributed by atoms with van der Waals surface area (Å²) in [6, 6.07) is 10.4. The van der Waals surface area contributed by atoms with Crippen LogP contribution in [0.5, 0.6) is 0 Å². The maximum absolute atomic E-state index is 10.7. The van der Waals surface area contributed by atoms with Gasteiger partial charge in [0.25, 0.3) is 5.69 Å². The molecule has 0 saturated carbocycles. The Morgan fingerprint density at radius 3 is 2.76 bits per heavy atom. The number of non-ortho nitro benzene ring substituents is 1. The highest BCUT2D eigenvalue weighted by atomic mass is 16.6. The van der Waals surface area contributed by atoms with E-state index < -0.39 is 16.5 Å². The minimum atomic E-state index is -1.36. The molecule has 1 heterocycles. The lowest BCUT2D eigenvalue weighted by molar-refractivity contribution is -0.384. The number of nitro benzene ring substituents is 1. The lowest BCUT2D eigenvalue weighted by atomic mass is 10.1. The number of aliphatic carboxylic acids is 1. The van der Waals surface area contributed by atoms with Gasteiger partial charge in [0.05, 0.1) is 4.92 Å². The molecule has 0 saturated heterocycles. The van der Waals surface area contributed by atoms with Gasteiger partial charge >= 0.3 is 5.97 Å². The number of carboxylic acid groups (broad SMARTS) is 1. The van der Waals surface area contributed by atoms with Crippen molar-refractivity contribution in [3.05, 3.63) is 57.8 Å². The van der Waals surface area contributed by atoms with Crippen molar-refractivity contribution in [2.24, 2.45) is 0 Å². The summed E-state index contributed by atoms with van der Waals surface area (Å²) in [6.45, 7) is 0. The molecule has 7 nitrogen and oxygen atoms in total. The van der Waals surface area contributed by atoms with Crippen molar-refractivity contribution >= 4 is 17.7 Å². The molecule has 0 bridgehead atoms. The molecule has 0 fully saturated rings. The largest absolute Gasteiger partial charge is 0.477 e. The molecule has 0 aliphatic heterocycles. The number of carbonyl (C=O) groups is 1. The summed E-state index contributed by atoms with van der Waals surface area (Å²) in [4.78, 5) is 20.9. The SMILES string of the molecule is N#CC(=Cc1ccc(-c2cccc([N+](=O)[O-])c2)o1)C(=O)O. The van der Waals surface area contributed by atoms with Crippen LogP contribution in [0, 0.1) is 21.4 Å². The van der Waals surface area contributed by atoms with Gasteiger partial charge in [0.1, 0.15) is 23.2 Å². The van der Waals surface area contributed by atoms with Gasteiger partial charge in [0.2, 0.25) is 0 Å². The first kappa shape index (κ1) is 14.0. The summed E-state index contributed by atoms with van der Waals surface area (Å²) in [7, 11) is 0. The summed E-state index contributed by atoms with van der Waals surface area (Å²) in [5.74, 6) is -0.839. The highest BCUT2D eigenvalue weighted by Crippen LogP contribution is 2.26. The predicted molar refractivity (Wildman–Crippen MR) is 72.0 cm³/mol. The number of nitriles is 1. The highest BCUT2D eigenvalue weighted by molar-refractivity contribution is 5.96. The van der Waals surface area contributed by atoms with Crippen molar-refractivity contribution in [3.63, 3.8) is 0 Å². The normalized spacial score (nSPS) is 10.9. The van der Waals surface area contributed by atoms with E-state index >= 15 is 0 Å². The van der Waals surface area contributed by atoms with Crippen molar-refractivity contribution in [3.8, 4) is 17.4 Å². The molecule has 0 radical (unpaired) electrons. The Bertz CT molecular complexity index is 783. The average Bonchev–Trinajstić information content (AvgIpc) is 2.93. The average molecular weight is 284 g/mol. The zero-order chi connectivity index (χ0) is 15.4. The molecule has 0 unspecified atom stereocenters. The van der Waals surface area contributed by atoms with Gasteiger partial charge in [-0.25, -0.2) is 4.79 Å². The van der Waals surface area contributed by atoms with Gasteiger partial charge in [-0.1, -0.05) is 12.1 Å². The maximum Gasteiger partial charge on any atom is 0.346 e. The van der Waals surface area contributed by atoms with E-state index in [4.69, 9.17) is 14.8 Å². The third kappa shape index (κ3) is 3.13. The quantitative estimate of drug-likeness (QED) is 0.399. The Morgan fingerprint density at radius 2 is 2.14 bits per heavy atom. The number of benzene rings is 1. The molecule has 21 heavy (non-hydrogen) atoms. The Morgan fingerprint density at radius 1 is 1.38 bits per heavy atom. The summed E-state index contributed by atoms with van der Waals surface area (Å²) >= 11 is 0. The van der Waals surface area contributed by atoms with Crippen molar-refractivity contribution < 1.29 is 19.2 Å². The zero-order valence-corrected chi connectivity index (χ0v) is 10.5. The first-order chi connectivity index (χ1) is 10.0. The zero-order valence-electron chi connectivity index (χ0n) is 10.5. The minimum absolute atomic E-state index is 0.0794. The number of hydrogen-bond acceptors (Lipinski definition) is 5. The van der Waals surface area contributed by atoms with Gasteiger partial charge in [0, 0.05) is 23.8 Å². The standard InChI is InChI=1S/C14H8N2O5/c15-8-10(14(17)18)7-12-4-5-13(21-12)9-2-1-3-11(6-9)16(19)20/h1-7H,(H,17,18). The third-order valence-electron chi connectivity index (χ3n) is 2.61. The molecule has 0 aliphatic rings. The van der Waals surface area contributed by atoms with Crippen LogP contribution in [-0.4, -0.2) is 16.0 Å². The molecule has 0 aliphatic carbocycles. The van der Waals surface area contributed by atoms with E-state index in [0.717, 1.165) is 6.08 Å². The Hall–Kier alpha value is -3.40. The van der Waals surface area contributed by atoms with E-state index in [1.165, 1.54) is 30.3 Å². The molecule has 2 rings (SSSR count). The third-order valence-corrected chi connectivity index (χ3v) is 2.61. The molecule has 1 aromatic carbocycles. The molecule has 0 amide bonds. The molecule has 7 heteroatoms. The number of nitrogens with zero attached hydrogens (tertiary/aromatic N) is 2. The first-order valence-electron chi connectivity index (χ1n) is 5.71. The number of nitro groups is 1. The van der Waals surface area contributed by atoms with E-state index in [-0.39, 0.29) is 11.4 Å². The fourth-order valence-corrected chi connectivity index (χ4v) is 1.64. The number of furan rings is 1. The van der Waals surface area contributed by atoms with Gasteiger partial charge in [-0.05, 0) is 12.1 Å². The van der Waals surface area contributed by atoms with E-state index in [2.05, 4.69) is 0 Å². The van der Waals surface area contributed by atoms with Gasteiger partial charge in [-0.15, -0.1) is 0 Å². The molecule has 0 atom stereocenters. The molecule has 104 valence electrons. The van der Waals surface area contributed by atoms with Crippen molar-refractivity contribution in [2.75, 3.05) is 0 Å². The summed E-state index contributed by atoms with van der Waals surface area (Å²) in [5, 5.41) is 28.1. The number of hydrogen-bond donors (Lipinski definition) is 1. The van der Waals surface area contributed by atoms with Crippen LogP contribution in [0.25, 0.3) is 17.4 Å². The monoisotopic (exact) mass is 284 g/mol. The minimum Gasteiger partial charge on any atom is -0.477 e. The molecule has 1 N–H and O–H groups in total. The first-order valence-corrected chi connectivity index (χ1v) is 5.71. The second-order valence-electron chi connectivity index (χ2n) is 3.98. The number of carboxylic acids is 1. The van der Waals surface area contributed by atoms with Crippen LogP contribution >= 0.6 is 0 Å². The summed E-state index contributed by atoms with van der Waals surface area (Å²) < 4.78 is 5.37. The Kier molecular flexibility index (Phi) is 3.81. The maximum atomic E-state index is 10.7. The van der Waals surface area contributed by atoms with Gasteiger partial charge in [0.15, 0.2) is 0 Å². The van der Waals surface area contributed by atoms with Crippen LogP contribution in [0.3, 0.4) is 0 Å². The van der Waals surface area contributed by atoms with Crippen LogP contribution in [0.1, 0.15) is 5.76 Å². The van der Waals surface area contributed by atoms with Gasteiger partial charge in [-0.2, -0.15) is 5.26 Å². The smallest absolute Gasteiger partial charge is 0.346 e. The molecular formula is C14H8N2O5. The second kappa shape index (κ2) is 5.71. The van der Waals surface area contributed by atoms with E-state index in [0.29, 0.717) is 11.3 Å². The van der Waals surface area contributed by atoms with E-state index in [1.54, 1.807) is 12.1 Å². The lowest BCUT2D eigenvalue weighted by Gasteiger charge is -1.97. The van der Waals surface area contributed by atoms with Crippen LogP contribution in [0.2, 0.25) is 0 Å². The lowest BCUT2D eigenvalue weighted by Crippen LogP contribution is -1.96. The van der Waals surface area contributed by atoms with E-state index in [1.807, 2.05) is 0 Å². The van der Waals surface area contributed by atoms with Gasteiger partial charge < -0.3 is 9.52 Å². The Labute approximate surface area is 118 Å². The van der Waals surface area contributed by atoms with Crippen molar-refractivity contribution in [1.29, 1.82) is 5.26 Å². The molecule has 2 aromatic rings. The molecule has 0 spiro atoms. The van der Waals surface area contributed by atoms with Crippen LogP contribution in [-0.2, 0) is 4.79 Å². The Balaban J connectivity index is 2.37. The topological polar surface area (TPSA) is 117 Å². The predicted octanol–water partition coefficient (Wildman–Crippen LogP) is 2.85. The summed E-state index contributed by atoms with van der Waals surface area (Å²) in [5.41, 5.74) is -0.0585. The van der Waals surface area contributed by atoms with Crippen molar-refractivity contribution in [2.45, 2.75) is 0 Å². The fourth-order valence-electron chi connectivity index (χ4n) is 1.64. The molecule has 1 aromatic heterocycles. The van der Waals surface area contributed by atoms with Crippen LogP contribution in [0.15, 0.2) is 46.4 Å². The van der Waals surface area contributed by atoms with E-state index in [9.17, 15) is 14.9 Å². The highest BCUT2D eigenvalue weighted by Gasteiger charge is 2.11.